The van der Waals surface area contributed by atoms with E-state index < -0.39 is 0 Å². The first-order valence-electron chi connectivity index (χ1n) is 7.74. The maximum absolute atomic E-state index is 12.3. The van der Waals surface area contributed by atoms with Gasteiger partial charge >= 0.3 is 5.97 Å². The minimum Gasteiger partial charge on any atom is -0.426 e. The molecule has 0 atom stereocenters. The van der Waals surface area contributed by atoms with Crippen molar-refractivity contribution < 1.29 is 9.53 Å². The van der Waals surface area contributed by atoms with Crippen molar-refractivity contribution in [1.29, 1.82) is 5.26 Å². The number of nitriles is 1. The SMILES string of the molecule is N#Cc1ccc(N2CCC(C(=O)Oc3ccc(Cl)cc3)CC2)nc1. The molecule has 5 nitrogen and oxygen atoms in total. The number of rotatable bonds is 3. The van der Waals surface area contributed by atoms with Crippen LogP contribution in [-0.2, 0) is 4.79 Å². The van der Waals surface area contributed by atoms with E-state index in [0.717, 1.165) is 18.9 Å². The lowest BCUT2D eigenvalue weighted by Gasteiger charge is -2.31. The highest BCUT2D eigenvalue weighted by molar-refractivity contribution is 6.30. The number of halogens is 1. The molecular weight excluding hydrogens is 326 g/mol. The van der Waals surface area contributed by atoms with Gasteiger partial charge in [-0.05, 0) is 49.2 Å². The van der Waals surface area contributed by atoms with Crippen molar-refractivity contribution in [2.45, 2.75) is 12.8 Å². The molecule has 1 saturated heterocycles. The van der Waals surface area contributed by atoms with Crippen molar-refractivity contribution in [3.05, 3.63) is 53.2 Å². The van der Waals surface area contributed by atoms with Crippen molar-refractivity contribution in [3.63, 3.8) is 0 Å². The standard InChI is InChI=1S/C18H16ClN3O2/c19-15-2-4-16(5-3-15)24-18(23)14-7-9-22(10-8-14)17-6-1-13(11-20)12-21-17/h1-6,12,14H,7-10H2. The van der Waals surface area contributed by atoms with Crippen LogP contribution >= 0.6 is 11.6 Å². The summed E-state index contributed by atoms with van der Waals surface area (Å²) < 4.78 is 5.41. The lowest BCUT2D eigenvalue weighted by Crippen LogP contribution is -2.38. The molecule has 1 aliphatic rings. The summed E-state index contributed by atoms with van der Waals surface area (Å²) >= 11 is 5.82. The summed E-state index contributed by atoms with van der Waals surface area (Å²) in [5.74, 6) is 1.03. The fraction of sp³-hybridized carbons (Fsp3) is 0.278. The molecule has 0 spiro atoms. The van der Waals surface area contributed by atoms with Crippen LogP contribution in [0, 0.1) is 17.2 Å². The second-order valence-corrected chi connectivity index (χ2v) is 6.09. The number of piperidine rings is 1. The summed E-state index contributed by atoms with van der Waals surface area (Å²) in [6.45, 7) is 1.47. The highest BCUT2D eigenvalue weighted by atomic mass is 35.5. The highest BCUT2D eigenvalue weighted by Gasteiger charge is 2.27. The van der Waals surface area contributed by atoms with Crippen molar-refractivity contribution in [3.8, 4) is 11.8 Å². The number of aromatic nitrogens is 1. The molecule has 0 radical (unpaired) electrons. The second kappa shape index (κ2) is 7.33. The molecule has 0 N–H and O–H groups in total. The zero-order valence-electron chi connectivity index (χ0n) is 13.0. The Morgan fingerprint density at radius 1 is 1.21 bits per heavy atom. The Morgan fingerprint density at radius 3 is 2.50 bits per heavy atom. The highest BCUT2D eigenvalue weighted by Crippen LogP contribution is 2.24. The second-order valence-electron chi connectivity index (χ2n) is 5.65. The van der Waals surface area contributed by atoms with Crippen LogP contribution in [0.3, 0.4) is 0 Å². The van der Waals surface area contributed by atoms with Gasteiger partial charge in [0.05, 0.1) is 11.5 Å². The number of hydrogen-bond donors (Lipinski definition) is 0. The summed E-state index contributed by atoms with van der Waals surface area (Å²) in [6.07, 6.45) is 3.00. The van der Waals surface area contributed by atoms with E-state index in [2.05, 4.69) is 16.0 Å². The molecule has 3 rings (SSSR count). The Morgan fingerprint density at radius 2 is 1.92 bits per heavy atom. The Labute approximate surface area is 145 Å². The number of carbonyl (C=O) groups is 1. The van der Waals surface area contributed by atoms with E-state index in [9.17, 15) is 4.79 Å². The van der Waals surface area contributed by atoms with Crippen LogP contribution in [0.1, 0.15) is 18.4 Å². The molecule has 1 aliphatic heterocycles. The Balaban J connectivity index is 1.55. The zero-order valence-corrected chi connectivity index (χ0v) is 13.7. The zero-order chi connectivity index (χ0) is 16.9. The minimum absolute atomic E-state index is 0.115. The van der Waals surface area contributed by atoms with E-state index in [1.165, 1.54) is 0 Å². The molecule has 0 unspecified atom stereocenters. The molecule has 24 heavy (non-hydrogen) atoms. The fourth-order valence-electron chi connectivity index (χ4n) is 2.69. The Hall–Kier alpha value is -2.58. The normalized spacial score (nSPS) is 14.9. The number of anilines is 1. The molecule has 1 fully saturated rings. The molecule has 0 saturated carbocycles. The molecular formula is C18H16ClN3O2. The summed E-state index contributed by atoms with van der Waals surface area (Å²) in [4.78, 5) is 18.7. The molecule has 0 amide bonds. The molecule has 2 aromatic rings. The first-order chi connectivity index (χ1) is 11.7. The smallest absolute Gasteiger partial charge is 0.314 e. The maximum Gasteiger partial charge on any atom is 0.314 e. The van der Waals surface area contributed by atoms with Crippen molar-refractivity contribution in [2.75, 3.05) is 18.0 Å². The number of pyridine rings is 1. The molecule has 6 heteroatoms. The van der Waals surface area contributed by atoms with E-state index in [1.807, 2.05) is 6.07 Å². The fourth-order valence-corrected chi connectivity index (χ4v) is 2.81. The van der Waals surface area contributed by atoms with E-state index in [1.54, 1.807) is 36.5 Å². The largest absolute Gasteiger partial charge is 0.426 e. The van der Waals surface area contributed by atoms with Crippen LogP contribution in [0.2, 0.25) is 5.02 Å². The average molecular weight is 342 g/mol. The van der Waals surface area contributed by atoms with Crippen LogP contribution in [0.5, 0.6) is 5.75 Å². The quantitative estimate of drug-likeness (QED) is 0.632. The molecule has 1 aromatic carbocycles. The van der Waals surface area contributed by atoms with Crippen LogP contribution in [0.4, 0.5) is 5.82 Å². The van der Waals surface area contributed by atoms with Crippen LogP contribution in [0.15, 0.2) is 42.6 Å². The molecule has 0 bridgehead atoms. The Bertz CT molecular complexity index is 745. The molecule has 122 valence electrons. The van der Waals surface area contributed by atoms with Crippen LogP contribution in [0.25, 0.3) is 0 Å². The number of benzene rings is 1. The monoisotopic (exact) mass is 341 g/mol. The van der Waals surface area contributed by atoms with Gasteiger partial charge in [0, 0.05) is 24.3 Å². The van der Waals surface area contributed by atoms with E-state index >= 15 is 0 Å². The van der Waals surface area contributed by atoms with Crippen LogP contribution in [-0.4, -0.2) is 24.0 Å². The average Bonchev–Trinajstić information content (AvgIpc) is 2.64. The van der Waals surface area contributed by atoms with E-state index in [4.69, 9.17) is 21.6 Å². The number of ether oxygens (including phenoxy) is 1. The third-order valence-electron chi connectivity index (χ3n) is 4.06. The summed E-state index contributed by atoms with van der Waals surface area (Å²) in [7, 11) is 0. The predicted molar refractivity (Wildman–Crippen MR) is 91.0 cm³/mol. The van der Waals surface area contributed by atoms with Gasteiger partial charge in [-0.3, -0.25) is 4.79 Å². The van der Waals surface area contributed by atoms with Gasteiger partial charge in [0.15, 0.2) is 0 Å². The Kier molecular flexibility index (Phi) is 4.97. The van der Waals surface area contributed by atoms with Gasteiger partial charge in [0.25, 0.3) is 0 Å². The van der Waals surface area contributed by atoms with E-state index in [-0.39, 0.29) is 11.9 Å². The minimum atomic E-state index is -0.204. The van der Waals surface area contributed by atoms with Gasteiger partial charge in [-0.25, -0.2) is 4.98 Å². The molecule has 1 aromatic heterocycles. The van der Waals surface area contributed by atoms with Gasteiger partial charge in [-0.1, -0.05) is 11.6 Å². The molecule has 2 heterocycles. The topological polar surface area (TPSA) is 66.2 Å². The summed E-state index contributed by atoms with van der Waals surface area (Å²) in [6, 6.07) is 12.4. The van der Waals surface area contributed by atoms with Gasteiger partial charge < -0.3 is 9.64 Å². The summed E-state index contributed by atoms with van der Waals surface area (Å²) in [5, 5.41) is 9.42. The van der Waals surface area contributed by atoms with Crippen molar-refractivity contribution >= 4 is 23.4 Å². The van der Waals surface area contributed by atoms with Gasteiger partial charge in [0.2, 0.25) is 0 Å². The van der Waals surface area contributed by atoms with E-state index in [0.29, 0.717) is 29.2 Å². The number of carbonyl (C=O) groups excluding carboxylic acids is 1. The number of hydrogen-bond acceptors (Lipinski definition) is 5. The lowest BCUT2D eigenvalue weighted by atomic mass is 9.97. The van der Waals surface area contributed by atoms with Gasteiger partial charge in [0.1, 0.15) is 17.6 Å². The number of esters is 1. The van der Waals surface area contributed by atoms with Gasteiger partial charge in [-0.15, -0.1) is 0 Å². The molecule has 0 aliphatic carbocycles. The first-order valence-corrected chi connectivity index (χ1v) is 8.12. The maximum atomic E-state index is 12.3. The predicted octanol–water partition coefficient (Wildman–Crippen LogP) is 3.43. The van der Waals surface area contributed by atoms with Crippen LogP contribution < -0.4 is 9.64 Å². The lowest BCUT2D eigenvalue weighted by molar-refractivity contribution is -0.139. The summed E-state index contributed by atoms with van der Waals surface area (Å²) in [5.41, 5.74) is 0.542. The van der Waals surface area contributed by atoms with Crippen molar-refractivity contribution in [1.82, 2.24) is 4.98 Å². The van der Waals surface area contributed by atoms with Gasteiger partial charge in [-0.2, -0.15) is 5.26 Å². The van der Waals surface area contributed by atoms with Crippen molar-refractivity contribution in [2.24, 2.45) is 5.92 Å². The first kappa shape index (κ1) is 16.3. The third-order valence-corrected chi connectivity index (χ3v) is 4.31. The number of nitrogens with zero attached hydrogens (tertiary/aromatic N) is 3. The third kappa shape index (κ3) is 3.84.